The van der Waals surface area contributed by atoms with Gasteiger partial charge in [0.2, 0.25) is 5.91 Å². The van der Waals surface area contributed by atoms with E-state index in [9.17, 15) is 4.79 Å². The van der Waals surface area contributed by atoms with E-state index in [2.05, 4.69) is 40.4 Å². The molecule has 6 aromatic rings. The van der Waals surface area contributed by atoms with Gasteiger partial charge in [0.05, 0.1) is 35.1 Å². The Kier molecular flexibility index (Phi) is 4.65. The number of amides is 1. The van der Waals surface area contributed by atoms with Crippen LogP contribution >= 0.6 is 0 Å². The van der Waals surface area contributed by atoms with E-state index in [1.807, 2.05) is 23.8 Å². The van der Waals surface area contributed by atoms with Crippen LogP contribution in [0.3, 0.4) is 0 Å². The second-order valence-electron chi connectivity index (χ2n) is 9.21. The van der Waals surface area contributed by atoms with E-state index >= 15 is 4.39 Å². The number of hydrogen-bond acceptors (Lipinski definition) is 6. The summed E-state index contributed by atoms with van der Waals surface area (Å²) < 4.78 is 17.1. The van der Waals surface area contributed by atoms with Crippen molar-refractivity contribution in [2.75, 3.05) is 5.32 Å². The summed E-state index contributed by atoms with van der Waals surface area (Å²) in [4.78, 5) is 33.1. The van der Waals surface area contributed by atoms with Crippen molar-refractivity contribution in [3.8, 4) is 28.3 Å². The van der Waals surface area contributed by atoms with E-state index in [-0.39, 0.29) is 11.8 Å². The maximum absolute atomic E-state index is 15.2. The molecule has 10 nitrogen and oxygen atoms in total. The minimum absolute atomic E-state index is 0.0317. The Morgan fingerprint density at radius 3 is 2.89 bits per heavy atom. The second kappa shape index (κ2) is 8.05. The fraction of sp³-hybridized carbons (Fsp3) is 0.154. The highest BCUT2D eigenvalue weighted by molar-refractivity contribution is 5.97. The topological polar surface area (TPSA) is 130 Å². The van der Waals surface area contributed by atoms with Crippen molar-refractivity contribution in [1.82, 2.24) is 39.7 Å². The fourth-order valence-corrected chi connectivity index (χ4v) is 4.46. The molecule has 0 aliphatic heterocycles. The number of rotatable bonds is 5. The molecule has 0 atom stereocenters. The minimum Gasteiger partial charge on any atom is -0.333 e. The Hall–Kier alpha value is -4.93. The number of nitrogens with one attached hydrogen (secondary N) is 3. The number of aromatic nitrogens is 8. The molecule has 1 aliphatic rings. The maximum Gasteiger partial charge on any atom is 0.227 e. The van der Waals surface area contributed by atoms with Crippen molar-refractivity contribution in [2.24, 2.45) is 5.92 Å². The molecule has 0 radical (unpaired) electrons. The Labute approximate surface area is 209 Å². The average Bonchev–Trinajstić information content (AvgIpc) is 3.31. The molecule has 0 unspecified atom stereocenters. The first-order valence-electron chi connectivity index (χ1n) is 11.8. The molecule has 11 heteroatoms. The number of fused-ring (bicyclic) bond motifs is 2. The van der Waals surface area contributed by atoms with Crippen molar-refractivity contribution in [2.45, 2.75) is 19.8 Å². The van der Waals surface area contributed by atoms with Crippen LogP contribution in [-0.2, 0) is 4.79 Å². The first-order chi connectivity index (χ1) is 18.0. The van der Waals surface area contributed by atoms with E-state index in [4.69, 9.17) is 0 Å². The summed E-state index contributed by atoms with van der Waals surface area (Å²) in [6.07, 6.45) is 10.3. The summed E-state index contributed by atoms with van der Waals surface area (Å²) in [6, 6.07) is 6.72. The highest BCUT2D eigenvalue weighted by atomic mass is 19.1. The van der Waals surface area contributed by atoms with Gasteiger partial charge in [0.15, 0.2) is 11.5 Å². The van der Waals surface area contributed by atoms with E-state index in [0.717, 1.165) is 29.7 Å². The van der Waals surface area contributed by atoms with Crippen LogP contribution in [0.1, 0.15) is 18.5 Å². The number of halogens is 1. The number of imidazole rings is 2. The molecule has 182 valence electrons. The van der Waals surface area contributed by atoms with Crippen LogP contribution in [0.5, 0.6) is 0 Å². The van der Waals surface area contributed by atoms with Gasteiger partial charge in [-0.2, -0.15) is 5.10 Å². The van der Waals surface area contributed by atoms with Crippen molar-refractivity contribution in [3.05, 3.63) is 66.9 Å². The van der Waals surface area contributed by atoms with Gasteiger partial charge in [0.25, 0.3) is 0 Å². The third-order valence-electron chi connectivity index (χ3n) is 6.50. The van der Waals surface area contributed by atoms with Crippen LogP contribution in [0, 0.1) is 18.7 Å². The average molecular weight is 494 g/mol. The quantitative estimate of drug-likeness (QED) is 0.323. The minimum atomic E-state index is -0.431. The number of hydrogen-bond donors (Lipinski definition) is 3. The lowest BCUT2D eigenvalue weighted by atomic mass is 10.0. The Bertz CT molecular complexity index is 1830. The molecular formula is C26H20FN9O. The lowest BCUT2D eigenvalue weighted by molar-refractivity contribution is -0.117. The highest BCUT2D eigenvalue weighted by Gasteiger charge is 2.29. The number of H-pyrrole nitrogens is 2. The van der Waals surface area contributed by atoms with Crippen molar-refractivity contribution >= 4 is 33.7 Å². The monoisotopic (exact) mass is 493 g/mol. The summed E-state index contributed by atoms with van der Waals surface area (Å²) in [5.74, 6) is 0.0935. The van der Waals surface area contributed by atoms with Gasteiger partial charge >= 0.3 is 0 Å². The number of aromatic amines is 2. The SMILES string of the molecule is Cc1cn(-c2ccnc3nc(-c4n[nH]c5cc(F)c(-c6cncc(NC(=O)C7CC7)c6)cc45)[nH]c23)cn1. The van der Waals surface area contributed by atoms with Gasteiger partial charge in [-0.15, -0.1) is 0 Å². The zero-order valence-electron chi connectivity index (χ0n) is 19.7. The molecule has 1 aliphatic carbocycles. The number of nitrogens with zero attached hydrogens (tertiary/aromatic N) is 6. The predicted molar refractivity (Wildman–Crippen MR) is 135 cm³/mol. The summed E-state index contributed by atoms with van der Waals surface area (Å²) in [5.41, 5.74) is 5.49. The standard InChI is InChI=1S/C26H20FN9O/c1-13-11-36(12-30-13)21-4-5-29-24-23(21)32-25(33-24)22-18-7-17(19(27)8-20(18)34-35-22)15-6-16(10-28-9-15)31-26(37)14-2-3-14/h4-12,14H,2-3H2,1H3,(H,31,37)(H,34,35)(H,29,32,33). The fourth-order valence-electron chi connectivity index (χ4n) is 4.46. The number of carbonyl (C=O) groups excluding carboxylic acids is 1. The van der Waals surface area contributed by atoms with Crippen LogP contribution in [0.25, 0.3) is 50.4 Å². The summed E-state index contributed by atoms with van der Waals surface area (Å²) in [6.45, 7) is 1.92. The van der Waals surface area contributed by atoms with E-state index in [1.165, 1.54) is 6.07 Å². The molecule has 0 saturated heterocycles. The molecule has 1 saturated carbocycles. The lowest BCUT2D eigenvalue weighted by Crippen LogP contribution is -2.13. The Morgan fingerprint density at radius 2 is 2.08 bits per heavy atom. The number of benzene rings is 1. The maximum atomic E-state index is 15.2. The van der Waals surface area contributed by atoms with Crippen LogP contribution in [-0.4, -0.2) is 45.6 Å². The number of anilines is 1. The largest absolute Gasteiger partial charge is 0.333 e. The van der Waals surface area contributed by atoms with Crippen LogP contribution in [0.2, 0.25) is 0 Å². The zero-order chi connectivity index (χ0) is 25.1. The van der Waals surface area contributed by atoms with Gasteiger partial charge < -0.3 is 14.9 Å². The zero-order valence-corrected chi connectivity index (χ0v) is 19.7. The number of carbonyl (C=O) groups is 1. The molecule has 0 bridgehead atoms. The molecule has 5 heterocycles. The van der Waals surface area contributed by atoms with Crippen molar-refractivity contribution in [1.29, 1.82) is 0 Å². The molecular weight excluding hydrogens is 473 g/mol. The Morgan fingerprint density at radius 1 is 1.19 bits per heavy atom. The molecule has 3 N–H and O–H groups in total. The summed E-state index contributed by atoms with van der Waals surface area (Å²) in [7, 11) is 0. The molecule has 5 aromatic heterocycles. The van der Waals surface area contributed by atoms with Gasteiger partial charge in [-0.1, -0.05) is 0 Å². The third kappa shape index (κ3) is 3.71. The van der Waals surface area contributed by atoms with Crippen LogP contribution in [0.15, 0.2) is 55.4 Å². The smallest absolute Gasteiger partial charge is 0.227 e. The van der Waals surface area contributed by atoms with E-state index in [0.29, 0.717) is 44.9 Å². The normalized spacial score (nSPS) is 13.5. The first-order valence-corrected chi connectivity index (χ1v) is 11.8. The van der Waals surface area contributed by atoms with E-state index in [1.54, 1.807) is 37.1 Å². The molecule has 0 spiro atoms. The van der Waals surface area contributed by atoms with Gasteiger partial charge in [-0.25, -0.2) is 19.3 Å². The van der Waals surface area contributed by atoms with Gasteiger partial charge in [-0.05, 0) is 38.0 Å². The predicted octanol–water partition coefficient (Wildman–Crippen LogP) is 4.54. The number of pyridine rings is 2. The third-order valence-corrected chi connectivity index (χ3v) is 6.50. The van der Waals surface area contributed by atoms with Crippen LogP contribution < -0.4 is 5.32 Å². The first kappa shape index (κ1) is 21.4. The molecule has 1 fully saturated rings. The summed E-state index contributed by atoms with van der Waals surface area (Å²) in [5, 5.41) is 10.9. The molecule has 1 amide bonds. The van der Waals surface area contributed by atoms with Gasteiger partial charge in [-0.3, -0.25) is 14.9 Å². The molecule has 37 heavy (non-hydrogen) atoms. The summed E-state index contributed by atoms with van der Waals surface area (Å²) >= 11 is 0. The lowest BCUT2D eigenvalue weighted by Gasteiger charge is -2.08. The second-order valence-corrected chi connectivity index (χ2v) is 9.21. The van der Waals surface area contributed by atoms with Crippen LogP contribution in [0.4, 0.5) is 10.1 Å². The van der Waals surface area contributed by atoms with Gasteiger partial charge in [0, 0.05) is 47.1 Å². The van der Waals surface area contributed by atoms with E-state index < -0.39 is 5.82 Å². The number of aryl methyl sites for hydroxylation is 1. The van der Waals surface area contributed by atoms with Crippen molar-refractivity contribution < 1.29 is 9.18 Å². The highest BCUT2D eigenvalue weighted by Crippen LogP contribution is 2.34. The van der Waals surface area contributed by atoms with Crippen molar-refractivity contribution in [3.63, 3.8) is 0 Å². The molecule has 1 aromatic carbocycles. The molecule has 7 rings (SSSR count). The van der Waals surface area contributed by atoms with Gasteiger partial charge in [0.1, 0.15) is 17.0 Å². The Balaban J connectivity index is 1.31.